The molecule has 140 valence electrons. The Morgan fingerprint density at radius 2 is 1.67 bits per heavy atom. The van der Waals surface area contributed by atoms with Gasteiger partial charge in [-0.15, -0.1) is 0 Å². The van der Waals surface area contributed by atoms with Crippen molar-refractivity contribution in [2.75, 3.05) is 31.1 Å². The summed E-state index contributed by atoms with van der Waals surface area (Å²) in [4.78, 5) is 21.7. The lowest BCUT2D eigenvalue weighted by atomic mass is 10.1. The highest BCUT2D eigenvalue weighted by molar-refractivity contribution is 7.22. The molecule has 1 saturated heterocycles. The molecule has 2 heterocycles. The largest absolute Gasteiger partial charge is 0.345 e. The molecule has 1 aliphatic heterocycles. The Balaban J connectivity index is 1.49. The van der Waals surface area contributed by atoms with Crippen molar-refractivity contribution in [1.82, 2.24) is 9.88 Å². The molecule has 0 aliphatic carbocycles. The maximum atomic E-state index is 12.7. The van der Waals surface area contributed by atoms with E-state index in [0.717, 1.165) is 23.7 Å². The first-order valence-electron chi connectivity index (χ1n) is 8.79. The quantitative estimate of drug-likeness (QED) is 0.573. The lowest BCUT2D eigenvalue weighted by molar-refractivity contribution is 0.0747. The van der Waals surface area contributed by atoms with E-state index >= 15 is 0 Å². The van der Waals surface area contributed by atoms with Gasteiger partial charge in [0.1, 0.15) is 0 Å². The van der Waals surface area contributed by atoms with E-state index in [1.807, 2.05) is 4.90 Å². The Bertz CT molecular complexity index is 1010. The number of anilines is 1. The van der Waals surface area contributed by atoms with Crippen LogP contribution in [0.1, 0.15) is 21.5 Å². The molecular weight excluding hydrogens is 401 g/mol. The summed E-state index contributed by atoms with van der Waals surface area (Å²) in [6.07, 6.45) is 0. The zero-order valence-corrected chi connectivity index (χ0v) is 17.5. The van der Waals surface area contributed by atoms with Gasteiger partial charge in [-0.05, 0) is 49.2 Å². The molecule has 2 aromatic carbocycles. The molecule has 1 aliphatic rings. The van der Waals surface area contributed by atoms with Gasteiger partial charge in [0, 0.05) is 41.8 Å². The van der Waals surface area contributed by atoms with Gasteiger partial charge in [0.25, 0.3) is 5.91 Å². The Morgan fingerprint density at radius 1 is 1.00 bits per heavy atom. The number of piperazine rings is 1. The third-order valence-corrected chi connectivity index (χ3v) is 6.27. The minimum atomic E-state index is -0.0326. The molecule has 0 bridgehead atoms. The number of rotatable bonds is 2. The number of aromatic nitrogens is 1. The second kappa shape index (κ2) is 7.30. The van der Waals surface area contributed by atoms with Gasteiger partial charge in [0.15, 0.2) is 5.13 Å². The number of carbonyl (C=O) groups is 1. The molecule has 4 rings (SSSR count). The normalized spacial score (nSPS) is 14.8. The number of halogens is 2. The van der Waals surface area contributed by atoms with Crippen LogP contribution in [0.3, 0.4) is 0 Å². The summed E-state index contributed by atoms with van der Waals surface area (Å²) in [6.45, 7) is 7.04. The van der Waals surface area contributed by atoms with Crippen molar-refractivity contribution in [3.63, 3.8) is 0 Å². The number of thiazole rings is 1. The van der Waals surface area contributed by atoms with Crippen LogP contribution in [0.25, 0.3) is 10.2 Å². The van der Waals surface area contributed by atoms with Crippen LogP contribution in [0.5, 0.6) is 0 Å². The van der Waals surface area contributed by atoms with Crippen LogP contribution in [-0.4, -0.2) is 42.0 Å². The van der Waals surface area contributed by atoms with E-state index in [4.69, 9.17) is 28.2 Å². The first-order chi connectivity index (χ1) is 12.9. The van der Waals surface area contributed by atoms with Crippen molar-refractivity contribution in [3.05, 3.63) is 57.1 Å². The molecule has 0 N–H and O–H groups in total. The summed E-state index contributed by atoms with van der Waals surface area (Å²) in [5, 5.41) is 1.98. The Labute approximate surface area is 172 Å². The van der Waals surface area contributed by atoms with Crippen molar-refractivity contribution in [3.8, 4) is 0 Å². The maximum absolute atomic E-state index is 12.7. The number of hydrogen-bond acceptors (Lipinski definition) is 4. The average Bonchev–Trinajstić information content (AvgIpc) is 3.05. The van der Waals surface area contributed by atoms with Gasteiger partial charge in [-0.2, -0.15) is 0 Å². The van der Waals surface area contributed by atoms with E-state index < -0.39 is 0 Å². The molecule has 0 unspecified atom stereocenters. The molecule has 1 fully saturated rings. The van der Waals surface area contributed by atoms with Crippen molar-refractivity contribution in [1.29, 1.82) is 0 Å². The number of fused-ring (bicyclic) bond motifs is 1. The fraction of sp³-hybridized carbons (Fsp3) is 0.300. The molecule has 4 nitrogen and oxygen atoms in total. The van der Waals surface area contributed by atoms with E-state index in [1.165, 1.54) is 15.8 Å². The highest BCUT2D eigenvalue weighted by atomic mass is 35.5. The highest BCUT2D eigenvalue weighted by Gasteiger charge is 2.24. The monoisotopic (exact) mass is 419 g/mol. The number of benzene rings is 2. The maximum Gasteiger partial charge on any atom is 0.254 e. The smallest absolute Gasteiger partial charge is 0.254 e. The first kappa shape index (κ1) is 18.5. The van der Waals surface area contributed by atoms with Crippen molar-refractivity contribution in [2.45, 2.75) is 13.8 Å². The van der Waals surface area contributed by atoms with E-state index in [2.05, 4.69) is 30.9 Å². The molecule has 1 aromatic heterocycles. The lowest BCUT2D eigenvalue weighted by Crippen LogP contribution is -2.48. The van der Waals surface area contributed by atoms with Gasteiger partial charge < -0.3 is 9.80 Å². The van der Waals surface area contributed by atoms with Gasteiger partial charge in [-0.25, -0.2) is 4.98 Å². The lowest BCUT2D eigenvalue weighted by Gasteiger charge is -2.34. The van der Waals surface area contributed by atoms with E-state index in [-0.39, 0.29) is 5.91 Å². The van der Waals surface area contributed by atoms with Crippen molar-refractivity contribution >= 4 is 55.8 Å². The third kappa shape index (κ3) is 3.77. The van der Waals surface area contributed by atoms with Gasteiger partial charge in [-0.3, -0.25) is 4.79 Å². The standard InChI is InChI=1S/C20H19Cl2N3OS/c1-12-7-13(2)18-17(8-12)27-20(23-18)25-5-3-24(4-6-25)19(26)14-9-15(21)11-16(22)10-14/h7-11H,3-6H2,1-2H3. The van der Waals surface area contributed by atoms with Crippen LogP contribution in [0, 0.1) is 13.8 Å². The summed E-state index contributed by atoms with van der Waals surface area (Å²) in [5.41, 5.74) is 4.07. The fourth-order valence-electron chi connectivity index (χ4n) is 3.45. The third-order valence-electron chi connectivity index (χ3n) is 4.77. The van der Waals surface area contributed by atoms with Crippen LogP contribution in [0.2, 0.25) is 10.0 Å². The molecule has 0 spiro atoms. The van der Waals surface area contributed by atoms with Crippen LogP contribution < -0.4 is 4.90 Å². The molecule has 7 heteroatoms. The van der Waals surface area contributed by atoms with Crippen LogP contribution in [-0.2, 0) is 0 Å². The molecule has 3 aromatic rings. The summed E-state index contributed by atoms with van der Waals surface area (Å²) in [5.74, 6) is -0.0326. The Morgan fingerprint density at radius 3 is 2.33 bits per heavy atom. The number of carbonyl (C=O) groups excluding carboxylic acids is 1. The number of nitrogens with zero attached hydrogens (tertiary/aromatic N) is 3. The highest BCUT2D eigenvalue weighted by Crippen LogP contribution is 2.32. The van der Waals surface area contributed by atoms with Crippen LogP contribution in [0.15, 0.2) is 30.3 Å². The predicted octanol–water partition coefficient (Wildman–Crippen LogP) is 5.18. The first-order valence-corrected chi connectivity index (χ1v) is 10.4. The molecule has 0 atom stereocenters. The van der Waals surface area contributed by atoms with Crippen LogP contribution >= 0.6 is 34.5 Å². The Hall–Kier alpha value is -1.82. The number of amides is 1. The van der Waals surface area contributed by atoms with Gasteiger partial charge in [0.2, 0.25) is 0 Å². The molecule has 0 saturated carbocycles. The van der Waals surface area contributed by atoms with Crippen molar-refractivity contribution < 1.29 is 4.79 Å². The molecule has 1 amide bonds. The fourth-order valence-corrected chi connectivity index (χ4v) is 5.17. The van der Waals surface area contributed by atoms with Gasteiger partial charge in [0.05, 0.1) is 10.2 Å². The molecular formula is C20H19Cl2N3OS. The summed E-state index contributed by atoms with van der Waals surface area (Å²) in [6, 6.07) is 9.32. The second-order valence-corrected chi connectivity index (χ2v) is 8.74. The zero-order valence-electron chi connectivity index (χ0n) is 15.1. The molecule has 27 heavy (non-hydrogen) atoms. The van der Waals surface area contributed by atoms with E-state index in [0.29, 0.717) is 28.7 Å². The minimum Gasteiger partial charge on any atom is -0.345 e. The molecule has 0 radical (unpaired) electrons. The van der Waals surface area contributed by atoms with E-state index in [1.54, 1.807) is 29.5 Å². The van der Waals surface area contributed by atoms with Crippen LogP contribution in [0.4, 0.5) is 5.13 Å². The summed E-state index contributed by atoms with van der Waals surface area (Å²) >= 11 is 13.8. The zero-order chi connectivity index (χ0) is 19.1. The second-order valence-electron chi connectivity index (χ2n) is 6.86. The predicted molar refractivity (Wildman–Crippen MR) is 114 cm³/mol. The summed E-state index contributed by atoms with van der Waals surface area (Å²) in [7, 11) is 0. The van der Waals surface area contributed by atoms with Crippen molar-refractivity contribution in [2.24, 2.45) is 0 Å². The average molecular weight is 420 g/mol. The van der Waals surface area contributed by atoms with Gasteiger partial charge >= 0.3 is 0 Å². The Kier molecular flexibility index (Phi) is 5.01. The SMILES string of the molecule is Cc1cc(C)c2nc(N3CCN(C(=O)c4cc(Cl)cc(Cl)c4)CC3)sc2c1. The van der Waals surface area contributed by atoms with E-state index in [9.17, 15) is 4.79 Å². The van der Waals surface area contributed by atoms with Gasteiger partial charge in [-0.1, -0.05) is 40.6 Å². The topological polar surface area (TPSA) is 36.4 Å². The number of aryl methyl sites for hydroxylation is 2. The minimum absolute atomic E-state index is 0.0326. The summed E-state index contributed by atoms with van der Waals surface area (Å²) < 4.78 is 1.22. The number of hydrogen-bond donors (Lipinski definition) is 0.